The largest absolute Gasteiger partial charge is 0.0887 e. The lowest BCUT2D eigenvalue weighted by atomic mass is 9.98. The summed E-state index contributed by atoms with van der Waals surface area (Å²) in [5.74, 6) is 0.930. The summed E-state index contributed by atoms with van der Waals surface area (Å²) in [6.45, 7) is 9.00. The van der Waals surface area contributed by atoms with Gasteiger partial charge in [-0.15, -0.1) is 0 Å². The predicted molar refractivity (Wildman–Crippen MR) is 57.4 cm³/mol. The first-order valence-corrected chi connectivity index (χ1v) is 5.32. The quantitative estimate of drug-likeness (QED) is 0.510. The van der Waals surface area contributed by atoms with Crippen LogP contribution in [0.5, 0.6) is 0 Å². The lowest BCUT2D eigenvalue weighted by Gasteiger charge is -2.09. The third kappa shape index (κ3) is 6.45. The molecule has 0 rings (SSSR count). The number of rotatable bonds is 6. The van der Waals surface area contributed by atoms with Gasteiger partial charge in [0.15, 0.2) is 0 Å². The molecule has 0 nitrogen and oxygen atoms in total. The van der Waals surface area contributed by atoms with E-state index in [1.54, 1.807) is 5.57 Å². The van der Waals surface area contributed by atoms with Crippen LogP contribution < -0.4 is 0 Å². The number of hydrogen-bond donors (Lipinski definition) is 0. The normalized spacial score (nSPS) is 14.8. The molecule has 1 unspecified atom stereocenters. The maximum atomic E-state index is 2.37. The number of hydrogen-bond acceptors (Lipinski definition) is 0. The van der Waals surface area contributed by atoms with Crippen LogP contribution in [0.1, 0.15) is 59.8 Å². The molecule has 0 aromatic heterocycles. The van der Waals surface area contributed by atoms with E-state index in [9.17, 15) is 0 Å². The van der Waals surface area contributed by atoms with Crippen molar-refractivity contribution in [2.75, 3.05) is 0 Å². The van der Waals surface area contributed by atoms with Crippen LogP contribution in [0, 0.1) is 5.92 Å². The van der Waals surface area contributed by atoms with Gasteiger partial charge in [0, 0.05) is 0 Å². The van der Waals surface area contributed by atoms with Crippen molar-refractivity contribution in [1.82, 2.24) is 0 Å². The minimum atomic E-state index is 0.930. The van der Waals surface area contributed by atoms with Gasteiger partial charge in [-0.2, -0.15) is 0 Å². The summed E-state index contributed by atoms with van der Waals surface area (Å²) < 4.78 is 0. The van der Waals surface area contributed by atoms with Crippen LogP contribution in [0.15, 0.2) is 11.6 Å². The molecule has 0 saturated carbocycles. The first kappa shape index (κ1) is 11.7. The van der Waals surface area contributed by atoms with Gasteiger partial charge in [0.25, 0.3) is 0 Å². The Morgan fingerprint density at radius 3 is 2.50 bits per heavy atom. The van der Waals surface area contributed by atoms with Crippen molar-refractivity contribution in [3.05, 3.63) is 11.6 Å². The van der Waals surface area contributed by atoms with Crippen LogP contribution in [0.4, 0.5) is 0 Å². The van der Waals surface area contributed by atoms with Crippen molar-refractivity contribution < 1.29 is 0 Å². The van der Waals surface area contributed by atoms with E-state index >= 15 is 0 Å². The second-order valence-corrected chi connectivity index (χ2v) is 3.92. The van der Waals surface area contributed by atoms with E-state index in [0.717, 1.165) is 5.92 Å². The Labute approximate surface area is 78.1 Å². The van der Waals surface area contributed by atoms with Gasteiger partial charge in [-0.25, -0.2) is 0 Å². The van der Waals surface area contributed by atoms with E-state index in [1.165, 1.54) is 32.1 Å². The highest BCUT2D eigenvalue weighted by Crippen LogP contribution is 2.15. The molecular weight excluding hydrogens is 144 g/mol. The zero-order valence-electron chi connectivity index (χ0n) is 9.19. The minimum Gasteiger partial charge on any atom is -0.0887 e. The molecule has 0 amide bonds. The topological polar surface area (TPSA) is 0 Å². The minimum absolute atomic E-state index is 0.930. The summed E-state index contributed by atoms with van der Waals surface area (Å²) in [7, 11) is 0. The molecule has 0 fully saturated rings. The highest BCUT2D eigenvalue weighted by atomic mass is 14.1. The lowest BCUT2D eigenvalue weighted by molar-refractivity contribution is 0.469. The van der Waals surface area contributed by atoms with Gasteiger partial charge in [-0.05, 0) is 32.6 Å². The molecule has 0 aromatic rings. The van der Waals surface area contributed by atoms with Crippen LogP contribution in [0.3, 0.4) is 0 Å². The molecule has 1 atom stereocenters. The smallest absolute Gasteiger partial charge is 0.0323 e. The molecule has 0 aliphatic carbocycles. The molecule has 0 radical (unpaired) electrons. The Kier molecular flexibility index (Phi) is 7.23. The van der Waals surface area contributed by atoms with Crippen molar-refractivity contribution in [1.29, 1.82) is 0 Å². The van der Waals surface area contributed by atoms with Crippen molar-refractivity contribution in [2.24, 2.45) is 5.92 Å². The summed E-state index contributed by atoms with van der Waals surface area (Å²) in [4.78, 5) is 0. The maximum absolute atomic E-state index is 2.37. The van der Waals surface area contributed by atoms with E-state index in [1.807, 2.05) is 0 Å². The molecular formula is C12H24. The number of allylic oxidation sites excluding steroid dienone is 2. The van der Waals surface area contributed by atoms with Crippen LogP contribution in [0.2, 0.25) is 0 Å². The molecule has 0 aliphatic rings. The van der Waals surface area contributed by atoms with Crippen LogP contribution in [0.25, 0.3) is 0 Å². The van der Waals surface area contributed by atoms with Crippen molar-refractivity contribution in [3.63, 3.8) is 0 Å². The SMILES string of the molecule is CC=C(C)CCCC(C)CCC. The average Bonchev–Trinajstić information content (AvgIpc) is 2.04. The summed E-state index contributed by atoms with van der Waals surface area (Å²) in [5.41, 5.74) is 1.54. The highest BCUT2D eigenvalue weighted by Gasteiger charge is 1.99. The molecule has 0 spiro atoms. The van der Waals surface area contributed by atoms with Crippen LogP contribution in [-0.4, -0.2) is 0 Å². The molecule has 0 bridgehead atoms. The zero-order chi connectivity index (χ0) is 9.40. The van der Waals surface area contributed by atoms with Crippen molar-refractivity contribution in [2.45, 2.75) is 59.8 Å². The second kappa shape index (κ2) is 7.39. The molecule has 0 N–H and O–H groups in total. The Balaban J connectivity index is 3.30. The Morgan fingerprint density at radius 1 is 1.33 bits per heavy atom. The van der Waals surface area contributed by atoms with E-state index in [-0.39, 0.29) is 0 Å². The van der Waals surface area contributed by atoms with Crippen LogP contribution >= 0.6 is 0 Å². The van der Waals surface area contributed by atoms with Crippen molar-refractivity contribution in [3.8, 4) is 0 Å². The monoisotopic (exact) mass is 168 g/mol. The molecule has 0 heterocycles. The third-order valence-electron chi connectivity index (χ3n) is 2.54. The summed E-state index contributed by atoms with van der Waals surface area (Å²) in [5, 5.41) is 0. The molecule has 0 heteroatoms. The van der Waals surface area contributed by atoms with Gasteiger partial charge in [0.1, 0.15) is 0 Å². The lowest BCUT2D eigenvalue weighted by Crippen LogP contribution is -1.93. The van der Waals surface area contributed by atoms with Crippen LogP contribution in [-0.2, 0) is 0 Å². The molecule has 0 aliphatic heterocycles. The first-order valence-electron chi connectivity index (χ1n) is 5.32. The van der Waals surface area contributed by atoms with E-state index in [4.69, 9.17) is 0 Å². The second-order valence-electron chi connectivity index (χ2n) is 3.92. The predicted octanol–water partition coefficient (Wildman–Crippen LogP) is 4.56. The fraction of sp³-hybridized carbons (Fsp3) is 0.833. The van der Waals surface area contributed by atoms with Gasteiger partial charge >= 0.3 is 0 Å². The van der Waals surface area contributed by atoms with E-state index in [2.05, 4.69) is 33.8 Å². The third-order valence-corrected chi connectivity index (χ3v) is 2.54. The fourth-order valence-electron chi connectivity index (χ4n) is 1.51. The average molecular weight is 168 g/mol. The summed E-state index contributed by atoms with van der Waals surface area (Å²) in [6, 6.07) is 0. The molecule has 0 aromatic carbocycles. The molecule has 12 heavy (non-hydrogen) atoms. The Morgan fingerprint density at radius 2 is 2.00 bits per heavy atom. The highest BCUT2D eigenvalue weighted by molar-refractivity contribution is 4.94. The van der Waals surface area contributed by atoms with E-state index < -0.39 is 0 Å². The van der Waals surface area contributed by atoms with Gasteiger partial charge < -0.3 is 0 Å². The zero-order valence-corrected chi connectivity index (χ0v) is 9.19. The van der Waals surface area contributed by atoms with E-state index in [0.29, 0.717) is 0 Å². The summed E-state index contributed by atoms with van der Waals surface area (Å²) in [6.07, 6.45) is 9.03. The molecule has 72 valence electrons. The Bertz CT molecular complexity index is 122. The standard InChI is InChI=1S/C12H24/c1-5-8-12(4)10-7-9-11(3)6-2/h6,12H,5,7-10H2,1-4H3. The van der Waals surface area contributed by atoms with Gasteiger partial charge in [-0.3, -0.25) is 0 Å². The summed E-state index contributed by atoms with van der Waals surface area (Å²) >= 11 is 0. The Hall–Kier alpha value is -0.260. The van der Waals surface area contributed by atoms with Gasteiger partial charge in [-0.1, -0.05) is 44.8 Å². The van der Waals surface area contributed by atoms with Gasteiger partial charge in [0.2, 0.25) is 0 Å². The maximum Gasteiger partial charge on any atom is -0.0323 e. The first-order chi connectivity index (χ1) is 5.70. The fourth-order valence-corrected chi connectivity index (χ4v) is 1.51. The van der Waals surface area contributed by atoms with Gasteiger partial charge in [0.05, 0.1) is 0 Å². The molecule has 0 saturated heterocycles. The van der Waals surface area contributed by atoms with Crippen molar-refractivity contribution >= 4 is 0 Å².